The maximum atomic E-state index is 13.6. The van der Waals surface area contributed by atoms with Gasteiger partial charge in [-0.05, 0) is 43.9 Å². The molecule has 0 aromatic heterocycles. The monoisotopic (exact) mass is 548 g/mol. The van der Waals surface area contributed by atoms with Gasteiger partial charge in [0.05, 0.1) is 12.0 Å². The number of rotatable bonds is 10. The molecule has 1 aliphatic heterocycles. The van der Waals surface area contributed by atoms with Crippen LogP contribution in [0.15, 0.2) is 0 Å². The molecule has 212 valence electrons. The van der Waals surface area contributed by atoms with Crippen molar-refractivity contribution in [3.63, 3.8) is 0 Å². The molecule has 0 aromatic carbocycles. The van der Waals surface area contributed by atoms with Crippen LogP contribution in [0.2, 0.25) is 0 Å². The van der Waals surface area contributed by atoms with Crippen LogP contribution in [0.25, 0.3) is 0 Å². The Morgan fingerprint density at radius 2 is 1.68 bits per heavy atom. The minimum Gasteiger partial charge on any atom is -0.350 e. The van der Waals surface area contributed by atoms with Crippen LogP contribution >= 0.6 is 0 Å². The molecule has 2 saturated carbocycles. The van der Waals surface area contributed by atoms with Crippen LogP contribution in [-0.2, 0) is 19.2 Å². The van der Waals surface area contributed by atoms with Crippen LogP contribution in [-0.4, -0.2) is 53.2 Å². The number of nitrogens with zero attached hydrogens (tertiary/aromatic N) is 1. The molecule has 1 saturated heterocycles. The Balaban J connectivity index is 1.69. The molecule has 38 heavy (non-hydrogen) atoms. The molecule has 5 atom stereocenters. The molecule has 3 aliphatic rings. The summed E-state index contributed by atoms with van der Waals surface area (Å²) in [5.41, 5.74) is -1.29. The number of hydrogen-bond acceptors (Lipinski definition) is 5. The molecule has 3 N–H and O–H groups in total. The Bertz CT molecular complexity index is 1010. The quantitative estimate of drug-likeness (QED) is 0.362. The summed E-state index contributed by atoms with van der Waals surface area (Å²) in [4.78, 5) is 50.1. The first-order valence-corrected chi connectivity index (χ1v) is 12.7. The Morgan fingerprint density at radius 3 is 2.13 bits per heavy atom. The van der Waals surface area contributed by atoms with Gasteiger partial charge in [-0.15, -0.1) is 0 Å². The summed E-state index contributed by atoms with van der Waals surface area (Å²) in [7, 11) is 0. The number of nitrogens with one attached hydrogen (secondary N) is 3. The SMILES string of the molecule is CC(C)(C)C(CC(=O)C(F)(F)F)C(=O)NC(CC1CC1(F)F)C(=O)NC(C#N)CC1CCC2(CC2)NC1=O. The number of alkyl halides is 5. The number of Topliss-reactive ketones (excluding diaryl/α,β-unsaturated/α-hetero) is 1. The topological polar surface area (TPSA) is 128 Å². The maximum Gasteiger partial charge on any atom is 0.449 e. The summed E-state index contributed by atoms with van der Waals surface area (Å²) in [6.45, 7) is 4.33. The van der Waals surface area contributed by atoms with E-state index in [2.05, 4.69) is 16.0 Å². The van der Waals surface area contributed by atoms with Crippen LogP contribution in [0.4, 0.5) is 22.0 Å². The van der Waals surface area contributed by atoms with Crippen LogP contribution in [0.1, 0.15) is 72.1 Å². The lowest BCUT2D eigenvalue weighted by Gasteiger charge is -2.32. The zero-order chi connectivity index (χ0) is 28.7. The first kappa shape index (κ1) is 29.8. The van der Waals surface area contributed by atoms with Crippen molar-refractivity contribution in [1.82, 2.24) is 16.0 Å². The van der Waals surface area contributed by atoms with Gasteiger partial charge in [-0.25, -0.2) is 8.78 Å². The molecule has 3 fully saturated rings. The molecule has 2 aliphatic carbocycles. The van der Waals surface area contributed by atoms with E-state index in [0.29, 0.717) is 6.42 Å². The van der Waals surface area contributed by atoms with Gasteiger partial charge in [0.25, 0.3) is 5.92 Å². The Hall–Kier alpha value is -2.78. The van der Waals surface area contributed by atoms with Gasteiger partial charge in [0.2, 0.25) is 23.5 Å². The van der Waals surface area contributed by atoms with Crippen molar-refractivity contribution in [2.24, 2.45) is 23.2 Å². The number of amides is 3. The molecule has 1 spiro atoms. The zero-order valence-corrected chi connectivity index (χ0v) is 21.5. The van der Waals surface area contributed by atoms with Crippen molar-refractivity contribution >= 4 is 23.5 Å². The van der Waals surface area contributed by atoms with E-state index >= 15 is 0 Å². The van der Waals surface area contributed by atoms with E-state index in [-0.39, 0.29) is 17.9 Å². The largest absolute Gasteiger partial charge is 0.449 e. The standard InChI is InChI=1S/C25H33F5N4O4/c1-22(2,3)16(10-18(35)25(28,29)30)20(37)33-17(9-14-11-24(14,26)27)21(38)32-15(12-31)8-13-4-5-23(6-7-23)34-19(13)36/h13-17H,4-11H2,1-3H3,(H,32,38)(H,33,37)(H,34,36). The second kappa shape index (κ2) is 10.4. The normalized spacial score (nSPS) is 25.8. The van der Waals surface area contributed by atoms with Gasteiger partial charge in [-0.3, -0.25) is 19.2 Å². The van der Waals surface area contributed by atoms with E-state index in [1.54, 1.807) is 0 Å². The number of carbonyl (C=O) groups excluding carboxylic acids is 4. The van der Waals surface area contributed by atoms with Crippen molar-refractivity contribution < 1.29 is 41.1 Å². The fraction of sp³-hybridized carbons (Fsp3) is 0.800. The number of halogens is 5. The molecule has 1 heterocycles. The highest BCUT2D eigenvalue weighted by atomic mass is 19.4. The van der Waals surface area contributed by atoms with Gasteiger partial charge in [0, 0.05) is 30.2 Å². The number of ketones is 1. The van der Waals surface area contributed by atoms with Crippen molar-refractivity contribution in [3.8, 4) is 6.07 Å². The fourth-order valence-electron chi connectivity index (χ4n) is 4.87. The van der Waals surface area contributed by atoms with Crippen molar-refractivity contribution in [2.75, 3.05) is 0 Å². The average molecular weight is 549 g/mol. The molecular formula is C25H33F5N4O4. The Morgan fingerprint density at radius 1 is 1.08 bits per heavy atom. The number of piperidine rings is 1. The lowest BCUT2D eigenvalue weighted by atomic mass is 9.77. The molecule has 3 rings (SSSR count). The van der Waals surface area contributed by atoms with E-state index in [1.807, 2.05) is 6.07 Å². The molecule has 3 amide bonds. The first-order chi connectivity index (χ1) is 17.4. The molecule has 13 heteroatoms. The second-order valence-electron chi connectivity index (χ2n) is 11.9. The summed E-state index contributed by atoms with van der Waals surface area (Å²) < 4.78 is 65.9. The minimum atomic E-state index is -5.17. The van der Waals surface area contributed by atoms with Crippen molar-refractivity contribution in [2.45, 2.75) is 102 Å². The summed E-state index contributed by atoms with van der Waals surface area (Å²) in [5.74, 6) is -10.7. The maximum absolute atomic E-state index is 13.6. The average Bonchev–Trinajstić information content (AvgIpc) is 3.67. The van der Waals surface area contributed by atoms with Crippen LogP contribution in [0.3, 0.4) is 0 Å². The van der Waals surface area contributed by atoms with Gasteiger partial charge < -0.3 is 16.0 Å². The highest BCUT2D eigenvalue weighted by Gasteiger charge is 2.58. The Kier molecular flexibility index (Phi) is 8.16. The van der Waals surface area contributed by atoms with Gasteiger partial charge in [0.15, 0.2) is 0 Å². The third-order valence-electron chi connectivity index (χ3n) is 7.75. The lowest BCUT2D eigenvalue weighted by molar-refractivity contribution is -0.173. The molecule has 5 unspecified atom stereocenters. The van der Waals surface area contributed by atoms with E-state index < -0.39 is 84.2 Å². The van der Waals surface area contributed by atoms with E-state index in [9.17, 15) is 46.4 Å². The predicted octanol–water partition coefficient (Wildman–Crippen LogP) is 3.16. The van der Waals surface area contributed by atoms with E-state index in [1.165, 1.54) is 20.8 Å². The third-order valence-corrected chi connectivity index (χ3v) is 7.75. The van der Waals surface area contributed by atoms with Gasteiger partial charge >= 0.3 is 6.18 Å². The van der Waals surface area contributed by atoms with Gasteiger partial charge in [-0.2, -0.15) is 18.4 Å². The number of carbonyl (C=O) groups is 4. The number of nitriles is 1. The van der Waals surface area contributed by atoms with Crippen molar-refractivity contribution in [1.29, 1.82) is 5.26 Å². The van der Waals surface area contributed by atoms with E-state index in [0.717, 1.165) is 19.3 Å². The van der Waals surface area contributed by atoms with Crippen LogP contribution in [0, 0.1) is 34.5 Å². The molecule has 0 bridgehead atoms. The highest BCUT2D eigenvalue weighted by molar-refractivity contribution is 5.93. The molecule has 8 nitrogen and oxygen atoms in total. The molecule has 0 radical (unpaired) electrons. The predicted molar refractivity (Wildman–Crippen MR) is 123 cm³/mol. The summed E-state index contributed by atoms with van der Waals surface area (Å²) in [6, 6.07) is -0.851. The smallest absolute Gasteiger partial charge is 0.350 e. The van der Waals surface area contributed by atoms with Crippen molar-refractivity contribution in [3.05, 3.63) is 0 Å². The fourth-order valence-corrected chi connectivity index (χ4v) is 4.87. The highest BCUT2D eigenvalue weighted by Crippen LogP contribution is 2.51. The Labute approximate surface area is 217 Å². The number of hydrogen-bond donors (Lipinski definition) is 3. The van der Waals surface area contributed by atoms with Crippen LogP contribution < -0.4 is 16.0 Å². The second-order valence-corrected chi connectivity index (χ2v) is 11.9. The van der Waals surface area contributed by atoms with Crippen LogP contribution in [0.5, 0.6) is 0 Å². The van der Waals surface area contributed by atoms with Gasteiger partial charge in [0.1, 0.15) is 12.1 Å². The zero-order valence-electron chi connectivity index (χ0n) is 21.5. The molecule has 0 aromatic rings. The third kappa shape index (κ3) is 7.41. The summed E-state index contributed by atoms with van der Waals surface area (Å²) >= 11 is 0. The summed E-state index contributed by atoms with van der Waals surface area (Å²) in [6.07, 6.45) is -4.33. The van der Waals surface area contributed by atoms with Gasteiger partial charge in [-0.1, -0.05) is 20.8 Å². The summed E-state index contributed by atoms with van der Waals surface area (Å²) in [5, 5.41) is 17.2. The lowest BCUT2D eigenvalue weighted by Crippen LogP contribution is -2.53. The van der Waals surface area contributed by atoms with E-state index in [4.69, 9.17) is 0 Å². The minimum absolute atomic E-state index is 0.0187. The first-order valence-electron chi connectivity index (χ1n) is 12.7. The molecular weight excluding hydrogens is 515 g/mol.